The predicted molar refractivity (Wildman–Crippen MR) is 64.4 cm³/mol. The van der Waals surface area contributed by atoms with Gasteiger partial charge in [-0.15, -0.1) is 0 Å². The third kappa shape index (κ3) is 3.42. The Bertz CT molecular complexity index is 417. The molecule has 5 heteroatoms. The fraction of sp³-hybridized carbons (Fsp3) is 0.500. The Morgan fingerprint density at radius 1 is 1.41 bits per heavy atom. The highest BCUT2D eigenvalue weighted by atomic mass is 16.6. The highest BCUT2D eigenvalue weighted by molar-refractivity contribution is 5.49. The summed E-state index contributed by atoms with van der Waals surface area (Å²) in [7, 11) is 0. The maximum absolute atomic E-state index is 10.8. The van der Waals surface area contributed by atoms with Crippen LogP contribution in [0.1, 0.15) is 24.5 Å². The number of nitrogens with zero attached hydrogens (tertiary/aromatic N) is 1. The summed E-state index contributed by atoms with van der Waals surface area (Å²) in [5.41, 5.74) is 1.48. The van der Waals surface area contributed by atoms with Crippen molar-refractivity contribution in [3.8, 4) is 5.75 Å². The number of hydrogen-bond acceptors (Lipinski definition) is 4. The van der Waals surface area contributed by atoms with E-state index >= 15 is 0 Å². The third-order valence-corrected chi connectivity index (χ3v) is 2.59. The summed E-state index contributed by atoms with van der Waals surface area (Å²) in [5.74, 6) is 0.454. The normalized spacial score (nSPS) is 12.2. The van der Waals surface area contributed by atoms with Crippen molar-refractivity contribution in [1.29, 1.82) is 0 Å². The van der Waals surface area contributed by atoms with Crippen LogP contribution in [0.3, 0.4) is 0 Å². The Hall–Kier alpha value is -1.62. The topological polar surface area (TPSA) is 72.6 Å². The van der Waals surface area contributed by atoms with E-state index < -0.39 is 11.0 Å². The van der Waals surface area contributed by atoms with E-state index in [0.29, 0.717) is 17.7 Å². The highest BCUT2D eigenvalue weighted by Gasteiger charge is 2.15. The van der Waals surface area contributed by atoms with Crippen molar-refractivity contribution in [2.75, 3.05) is 6.61 Å². The van der Waals surface area contributed by atoms with Gasteiger partial charge < -0.3 is 9.84 Å². The summed E-state index contributed by atoms with van der Waals surface area (Å²) < 4.78 is 5.38. The average Bonchev–Trinajstić information content (AvgIpc) is 2.26. The second-order valence-electron chi connectivity index (χ2n) is 4.03. The maximum atomic E-state index is 10.8. The molecule has 94 valence electrons. The number of hydrogen-bond donors (Lipinski definition) is 1. The monoisotopic (exact) mass is 239 g/mol. The molecule has 0 aliphatic carbocycles. The highest BCUT2D eigenvalue weighted by Crippen LogP contribution is 2.28. The van der Waals surface area contributed by atoms with Crippen molar-refractivity contribution in [3.05, 3.63) is 33.4 Å². The first-order valence-electron chi connectivity index (χ1n) is 5.52. The molecule has 0 saturated heterocycles. The van der Waals surface area contributed by atoms with Crippen LogP contribution in [0, 0.1) is 24.0 Å². The molecular weight excluding hydrogens is 222 g/mol. The third-order valence-electron chi connectivity index (χ3n) is 2.59. The summed E-state index contributed by atoms with van der Waals surface area (Å²) in [5, 5.41) is 20.2. The van der Waals surface area contributed by atoms with Crippen LogP contribution in [0.15, 0.2) is 12.1 Å². The van der Waals surface area contributed by atoms with E-state index in [2.05, 4.69) is 0 Å². The molecule has 1 aromatic rings. The van der Waals surface area contributed by atoms with Crippen LogP contribution < -0.4 is 4.74 Å². The molecule has 0 aliphatic rings. The number of nitro benzene ring substituents is 1. The van der Waals surface area contributed by atoms with Crippen LogP contribution in [0.5, 0.6) is 5.75 Å². The molecule has 0 heterocycles. The smallest absolute Gasteiger partial charge is 0.276 e. The van der Waals surface area contributed by atoms with Crippen LogP contribution in [0.25, 0.3) is 0 Å². The fourth-order valence-corrected chi connectivity index (χ4v) is 1.48. The molecule has 0 bridgehead atoms. The Morgan fingerprint density at radius 2 is 2.06 bits per heavy atom. The maximum Gasteiger partial charge on any atom is 0.276 e. The predicted octanol–water partition coefficient (Wildman–Crippen LogP) is 2.36. The second-order valence-corrected chi connectivity index (χ2v) is 4.03. The van der Waals surface area contributed by atoms with Crippen LogP contribution in [0.2, 0.25) is 0 Å². The first-order chi connectivity index (χ1) is 7.95. The number of benzene rings is 1. The molecule has 0 fully saturated rings. The molecule has 1 aromatic carbocycles. The van der Waals surface area contributed by atoms with E-state index in [4.69, 9.17) is 4.74 Å². The van der Waals surface area contributed by atoms with Gasteiger partial charge in [0.05, 0.1) is 17.1 Å². The van der Waals surface area contributed by atoms with Gasteiger partial charge in [0.1, 0.15) is 12.4 Å². The molecule has 5 nitrogen and oxygen atoms in total. The standard InChI is InChI=1S/C12H17NO4/c1-4-10(14)7-17-12-6-11(13(15)16)8(2)5-9(12)3/h5-6,10,14H,4,7H2,1-3H3. The van der Waals surface area contributed by atoms with Gasteiger partial charge in [-0.2, -0.15) is 0 Å². The number of ether oxygens (including phenoxy) is 1. The van der Waals surface area contributed by atoms with E-state index in [1.165, 1.54) is 6.07 Å². The minimum Gasteiger partial charge on any atom is -0.490 e. The Morgan fingerprint density at radius 3 is 2.59 bits per heavy atom. The van der Waals surface area contributed by atoms with E-state index in [1.54, 1.807) is 13.0 Å². The molecular formula is C12H17NO4. The van der Waals surface area contributed by atoms with Crippen LogP contribution in [0.4, 0.5) is 5.69 Å². The van der Waals surface area contributed by atoms with E-state index in [0.717, 1.165) is 5.56 Å². The number of nitro groups is 1. The largest absolute Gasteiger partial charge is 0.490 e. The van der Waals surface area contributed by atoms with Crippen molar-refractivity contribution >= 4 is 5.69 Å². The first kappa shape index (κ1) is 13.4. The number of rotatable bonds is 5. The molecule has 0 aliphatic heterocycles. The summed E-state index contributed by atoms with van der Waals surface area (Å²) >= 11 is 0. The molecule has 1 N–H and O–H groups in total. The molecule has 1 unspecified atom stereocenters. The summed E-state index contributed by atoms with van der Waals surface area (Å²) in [4.78, 5) is 10.3. The Balaban J connectivity index is 2.92. The lowest BCUT2D eigenvalue weighted by Gasteiger charge is -2.12. The van der Waals surface area contributed by atoms with E-state index in [1.807, 2.05) is 13.8 Å². The lowest BCUT2D eigenvalue weighted by Crippen LogP contribution is -2.16. The average molecular weight is 239 g/mol. The number of aliphatic hydroxyl groups is 1. The number of aryl methyl sites for hydroxylation is 2. The van der Waals surface area contributed by atoms with Gasteiger partial charge in [-0.3, -0.25) is 10.1 Å². The summed E-state index contributed by atoms with van der Waals surface area (Å²) in [6.07, 6.45) is 0.0438. The zero-order chi connectivity index (χ0) is 13.0. The molecule has 0 saturated carbocycles. The lowest BCUT2D eigenvalue weighted by atomic mass is 10.1. The molecule has 17 heavy (non-hydrogen) atoms. The summed E-state index contributed by atoms with van der Waals surface area (Å²) in [6.45, 7) is 5.51. The first-order valence-corrected chi connectivity index (χ1v) is 5.52. The molecule has 1 atom stereocenters. The van der Waals surface area contributed by atoms with Gasteiger partial charge in [0.15, 0.2) is 0 Å². The van der Waals surface area contributed by atoms with Crippen LogP contribution in [-0.4, -0.2) is 22.7 Å². The SMILES string of the molecule is CCC(O)COc1cc([N+](=O)[O-])c(C)cc1C. The zero-order valence-corrected chi connectivity index (χ0v) is 10.3. The summed E-state index contributed by atoms with van der Waals surface area (Å²) in [6, 6.07) is 3.12. The van der Waals surface area contributed by atoms with Crippen molar-refractivity contribution in [2.45, 2.75) is 33.3 Å². The van der Waals surface area contributed by atoms with Gasteiger partial charge in [0.2, 0.25) is 0 Å². The van der Waals surface area contributed by atoms with Crippen molar-refractivity contribution in [3.63, 3.8) is 0 Å². The van der Waals surface area contributed by atoms with E-state index in [-0.39, 0.29) is 12.3 Å². The minimum absolute atomic E-state index is 0.0385. The van der Waals surface area contributed by atoms with Gasteiger partial charge in [-0.25, -0.2) is 0 Å². The molecule has 0 amide bonds. The Labute approximate surface area is 100 Å². The van der Waals surface area contributed by atoms with Crippen molar-refractivity contribution in [2.24, 2.45) is 0 Å². The van der Waals surface area contributed by atoms with Crippen molar-refractivity contribution in [1.82, 2.24) is 0 Å². The van der Waals surface area contributed by atoms with Gasteiger partial charge in [0.25, 0.3) is 5.69 Å². The van der Waals surface area contributed by atoms with Gasteiger partial charge in [0, 0.05) is 5.56 Å². The van der Waals surface area contributed by atoms with Crippen LogP contribution >= 0.6 is 0 Å². The van der Waals surface area contributed by atoms with Gasteiger partial charge in [-0.05, 0) is 31.9 Å². The molecule has 0 radical (unpaired) electrons. The Kier molecular flexibility index (Phi) is 4.45. The van der Waals surface area contributed by atoms with Gasteiger partial charge >= 0.3 is 0 Å². The van der Waals surface area contributed by atoms with Gasteiger partial charge in [-0.1, -0.05) is 6.92 Å². The van der Waals surface area contributed by atoms with E-state index in [9.17, 15) is 15.2 Å². The van der Waals surface area contributed by atoms with Crippen molar-refractivity contribution < 1.29 is 14.8 Å². The zero-order valence-electron chi connectivity index (χ0n) is 10.3. The molecule has 0 spiro atoms. The second kappa shape index (κ2) is 5.63. The molecule has 1 rings (SSSR count). The van der Waals surface area contributed by atoms with Crippen LogP contribution in [-0.2, 0) is 0 Å². The fourth-order valence-electron chi connectivity index (χ4n) is 1.48. The lowest BCUT2D eigenvalue weighted by molar-refractivity contribution is -0.385. The molecule has 0 aromatic heterocycles. The quantitative estimate of drug-likeness (QED) is 0.632. The number of aliphatic hydroxyl groups excluding tert-OH is 1. The minimum atomic E-state index is -0.547.